The van der Waals surface area contributed by atoms with Crippen LogP contribution in [-0.2, 0) is 0 Å². The second-order valence-corrected chi connectivity index (χ2v) is 4.78. The van der Waals surface area contributed by atoms with Gasteiger partial charge in [0.2, 0.25) is 0 Å². The minimum atomic E-state index is -0.280. The zero-order chi connectivity index (χ0) is 11.3. The summed E-state index contributed by atoms with van der Waals surface area (Å²) in [4.78, 5) is 11.7. The lowest BCUT2D eigenvalue weighted by Gasteiger charge is -2.03. The molecule has 0 saturated heterocycles. The average Bonchev–Trinajstić information content (AvgIpc) is 3.01. The minimum Gasteiger partial charge on any atom is -0.495 e. The highest BCUT2D eigenvalue weighted by Gasteiger charge is 2.28. The summed E-state index contributed by atoms with van der Waals surface area (Å²) in [6.07, 6.45) is 2.10. The Morgan fingerprint density at radius 2 is 2.25 bits per heavy atom. The van der Waals surface area contributed by atoms with Gasteiger partial charge in [-0.2, -0.15) is 0 Å². The number of methoxy groups -OCH3 is 1. The van der Waals surface area contributed by atoms with Crippen molar-refractivity contribution >= 4 is 27.0 Å². The van der Waals surface area contributed by atoms with E-state index in [0.29, 0.717) is 17.4 Å². The zero-order valence-corrected chi connectivity index (χ0v) is 10.3. The van der Waals surface area contributed by atoms with Crippen LogP contribution in [0.1, 0.15) is 18.9 Å². The average molecular weight is 284 g/mol. The molecule has 1 aromatic heterocycles. The number of rotatable bonds is 2. The highest BCUT2D eigenvalue weighted by molar-refractivity contribution is 9.10. The molecule has 4 nitrogen and oxygen atoms in total. The van der Waals surface area contributed by atoms with Crippen molar-refractivity contribution in [2.45, 2.75) is 18.9 Å². The molecule has 0 radical (unpaired) electrons. The zero-order valence-electron chi connectivity index (χ0n) is 8.70. The van der Waals surface area contributed by atoms with Gasteiger partial charge in [-0.15, -0.1) is 0 Å². The number of hydrogen-bond donors (Lipinski definition) is 0. The number of hydrogen-bond acceptors (Lipinski definition) is 3. The first-order valence-corrected chi connectivity index (χ1v) is 5.88. The van der Waals surface area contributed by atoms with Gasteiger partial charge in [0.1, 0.15) is 5.75 Å². The van der Waals surface area contributed by atoms with E-state index in [2.05, 4.69) is 15.9 Å². The van der Waals surface area contributed by atoms with Gasteiger partial charge in [0, 0.05) is 18.2 Å². The van der Waals surface area contributed by atoms with E-state index in [-0.39, 0.29) is 5.76 Å². The Kier molecular flexibility index (Phi) is 2.10. The second-order valence-electron chi connectivity index (χ2n) is 3.92. The molecule has 1 fully saturated rings. The van der Waals surface area contributed by atoms with Crippen LogP contribution in [-0.4, -0.2) is 11.7 Å². The van der Waals surface area contributed by atoms with Crippen LogP contribution >= 0.6 is 15.9 Å². The Balaban J connectivity index is 2.33. The lowest BCUT2D eigenvalue weighted by molar-refractivity contribution is 0.412. The van der Waals surface area contributed by atoms with E-state index < -0.39 is 0 Å². The molecular formula is C11H10BrNO3. The third-order valence-corrected chi connectivity index (χ3v) is 3.42. The van der Waals surface area contributed by atoms with Crippen molar-refractivity contribution in [1.29, 1.82) is 0 Å². The highest BCUT2D eigenvalue weighted by Crippen LogP contribution is 2.38. The molecule has 1 saturated carbocycles. The van der Waals surface area contributed by atoms with Gasteiger partial charge in [-0.25, -0.2) is 4.79 Å². The predicted molar refractivity (Wildman–Crippen MR) is 63.0 cm³/mol. The SMILES string of the molecule is COc1cc2c(cc1Br)oc(=O)n2C1CC1. The molecular weight excluding hydrogens is 274 g/mol. The lowest BCUT2D eigenvalue weighted by Crippen LogP contribution is -2.12. The van der Waals surface area contributed by atoms with Gasteiger partial charge >= 0.3 is 5.76 Å². The number of benzene rings is 1. The monoisotopic (exact) mass is 283 g/mol. The first-order chi connectivity index (χ1) is 7.70. The minimum absolute atomic E-state index is 0.280. The largest absolute Gasteiger partial charge is 0.495 e. The fourth-order valence-electron chi connectivity index (χ4n) is 1.87. The quantitative estimate of drug-likeness (QED) is 0.851. The summed E-state index contributed by atoms with van der Waals surface area (Å²) in [5.41, 5.74) is 1.41. The summed E-state index contributed by atoms with van der Waals surface area (Å²) in [6, 6.07) is 3.91. The van der Waals surface area contributed by atoms with Crippen LogP contribution in [0.15, 0.2) is 25.8 Å². The van der Waals surface area contributed by atoms with Gasteiger partial charge in [-0.05, 0) is 28.8 Å². The maximum Gasteiger partial charge on any atom is 0.420 e. The van der Waals surface area contributed by atoms with Crippen LogP contribution in [0.3, 0.4) is 0 Å². The lowest BCUT2D eigenvalue weighted by atomic mass is 10.3. The van der Waals surface area contributed by atoms with Crippen molar-refractivity contribution in [3.05, 3.63) is 27.2 Å². The van der Waals surface area contributed by atoms with Crippen molar-refractivity contribution in [2.75, 3.05) is 7.11 Å². The first kappa shape index (κ1) is 9.96. The number of oxazole rings is 1. The van der Waals surface area contributed by atoms with E-state index in [1.54, 1.807) is 17.7 Å². The molecule has 1 aliphatic rings. The fourth-order valence-corrected chi connectivity index (χ4v) is 2.36. The Bertz CT molecular complexity index is 609. The molecule has 0 amide bonds. The van der Waals surface area contributed by atoms with Gasteiger partial charge in [-0.1, -0.05) is 0 Å². The smallest absolute Gasteiger partial charge is 0.420 e. The van der Waals surface area contributed by atoms with Crippen LogP contribution in [0.2, 0.25) is 0 Å². The van der Waals surface area contributed by atoms with Crippen LogP contribution in [0.25, 0.3) is 11.1 Å². The molecule has 1 aromatic carbocycles. The molecule has 0 N–H and O–H groups in total. The summed E-state index contributed by atoms with van der Waals surface area (Å²) >= 11 is 3.37. The van der Waals surface area contributed by atoms with E-state index in [1.165, 1.54) is 0 Å². The third-order valence-electron chi connectivity index (χ3n) is 2.80. The Morgan fingerprint density at radius 1 is 1.50 bits per heavy atom. The van der Waals surface area contributed by atoms with Gasteiger partial charge in [0.25, 0.3) is 0 Å². The molecule has 2 aromatic rings. The van der Waals surface area contributed by atoms with Crippen molar-refractivity contribution in [1.82, 2.24) is 4.57 Å². The maximum atomic E-state index is 11.7. The van der Waals surface area contributed by atoms with Gasteiger partial charge in [-0.3, -0.25) is 4.57 Å². The fraction of sp³-hybridized carbons (Fsp3) is 0.364. The summed E-state index contributed by atoms with van der Waals surface area (Å²) in [6.45, 7) is 0. The number of ether oxygens (including phenoxy) is 1. The molecule has 5 heteroatoms. The summed E-state index contributed by atoms with van der Waals surface area (Å²) in [7, 11) is 1.60. The number of fused-ring (bicyclic) bond motifs is 1. The van der Waals surface area contributed by atoms with Crippen molar-refractivity contribution in [2.24, 2.45) is 0 Å². The summed E-state index contributed by atoms with van der Waals surface area (Å²) < 4.78 is 12.9. The Hall–Kier alpha value is -1.23. The molecule has 1 heterocycles. The van der Waals surface area contributed by atoms with Gasteiger partial charge < -0.3 is 9.15 Å². The highest BCUT2D eigenvalue weighted by atomic mass is 79.9. The van der Waals surface area contributed by atoms with Gasteiger partial charge in [0.05, 0.1) is 17.1 Å². The van der Waals surface area contributed by atoms with Crippen LogP contribution < -0.4 is 10.5 Å². The molecule has 0 atom stereocenters. The summed E-state index contributed by atoms with van der Waals surface area (Å²) in [5, 5.41) is 0. The van der Waals surface area contributed by atoms with E-state index >= 15 is 0 Å². The number of halogens is 1. The molecule has 84 valence electrons. The molecule has 0 aliphatic heterocycles. The maximum absolute atomic E-state index is 11.7. The van der Waals surface area contributed by atoms with Crippen LogP contribution in [0, 0.1) is 0 Å². The van der Waals surface area contributed by atoms with Gasteiger partial charge in [0.15, 0.2) is 5.58 Å². The number of aromatic nitrogens is 1. The second kappa shape index (κ2) is 3.38. The van der Waals surface area contributed by atoms with E-state index in [1.807, 2.05) is 6.07 Å². The van der Waals surface area contributed by atoms with E-state index in [9.17, 15) is 4.79 Å². The Morgan fingerprint density at radius 3 is 2.88 bits per heavy atom. The molecule has 0 bridgehead atoms. The van der Waals surface area contributed by atoms with Crippen molar-refractivity contribution in [3.8, 4) is 5.75 Å². The van der Waals surface area contributed by atoms with Crippen LogP contribution in [0.4, 0.5) is 0 Å². The summed E-state index contributed by atoms with van der Waals surface area (Å²) in [5.74, 6) is 0.431. The topological polar surface area (TPSA) is 44.4 Å². The predicted octanol–water partition coefficient (Wildman–Crippen LogP) is 2.70. The van der Waals surface area contributed by atoms with Crippen molar-refractivity contribution < 1.29 is 9.15 Å². The molecule has 1 aliphatic carbocycles. The molecule has 0 unspecified atom stereocenters. The molecule has 16 heavy (non-hydrogen) atoms. The van der Waals surface area contributed by atoms with Crippen LogP contribution in [0.5, 0.6) is 5.75 Å². The van der Waals surface area contributed by atoms with Crippen molar-refractivity contribution in [3.63, 3.8) is 0 Å². The Labute approximate surface area is 99.9 Å². The van der Waals surface area contributed by atoms with E-state index in [4.69, 9.17) is 9.15 Å². The number of nitrogens with zero attached hydrogens (tertiary/aromatic N) is 1. The standard InChI is InChI=1S/C11H10BrNO3/c1-15-9-5-8-10(4-7(9)12)16-11(14)13(8)6-2-3-6/h4-6H,2-3H2,1H3. The van der Waals surface area contributed by atoms with E-state index in [0.717, 1.165) is 22.8 Å². The third kappa shape index (κ3) is 1.38. The normalized spacial score (nSPS) is 15.6. The molecule has 0 spiro atoms. The molecule has 3 rings (SSSR count). The first-order valence-electron chi connectivity index (χ1n) is 5.09.